The van der Waals surface area contributed by atoms with Crippen LogP contribution in [0.1, 0.15) is 83.2 Å². The monoisotopic (exact) mass is 580 g/mol. The number of hydrogen-bond donors (Lipinski definition) is 0. The molecule has 2 bridgehead atoms. The van der Waals surface area contributed by atoms with Crippen LogP contribution in [0.4, 0.5) is 0 Å². The van der Waals surface area contributed by atoms with Crippen LogP contribution in [0.25, 0.3) is 0 Å². The van der Waals surface area contributed by atoms with Crippen molar-refractivity contribution in [2.24, 2.45) is 5.92 Å². The van der Waals surface area contributed by atoms with Gasteiger partial charge in [0.05, 0.1) is 28.7 Å². The predicted molar refractivity (Wildman–Crippen MR) is 159 cm³/mol. The second-order valence-corrected chi connectivity index (χ2v) is 12.4. The van der Waals surface area contributed by atoms with Crippen LogP contribution in [0.5, 0.6) is 5.75 Å². The number of esters is 1. The molecular formula is C33H41ClN2O5. The zero-order chi connectivity index (χ0) is 29.0. The van der Waals surface area contributed by atoms with Crippen LogP contribution in [0.15, 0.2) is 36.4 Å². The molecule has 41 heavy (non-hydrogen) atoms. The van der Waals surface area contributed by atoms with Gasteiger partial charge in [-0.2, -0.15) is 0 Å². The van der Waals surface area contributed by atoms with Crippen molar-refractivity contribution in [3.05, 3.63) is 63.7 Å². The minimum absolute atomic E-state index is 0.0168. The number of fused-ring (bicyclic) bond motifs is 3. The number of benzene rings is 2. The minimum atomic E-state index is -0.573. The van der Waals surface area contributed by atoms with Crippen molar-refractivity contribution in [2.75, 3.05) is 40.3 Å². The van der Waals surface area contributed by atoms with Crippen LogP contribution in [-0.2, 0) is 21.4 Å². The molecule has 2 aromatic rings. The fourth-order valence-electron chi connectivity index (χ4n) is 6.91. The number of aryl methyl sites for hydroxylation is 1. The lowest BCUT2D eigenvalue weighted by molar-refractivity contribution is -0.167. The summed E-state index contributed by atoms with van der Waals surface area (Å²) in [7, 11) is 3.20. The molecule has 3 saturated heterocycles. The summed E-state index contributed by atoms with van der Waals surface area (Å²) in [5, 5.41) is 0.223. The zero-order valence-electron chi connectivity index (χ0n) is 24.2. The Kier molecular flexibility index (Phi) is 9.35. The number of carbonyl (C=O) groups excluding carboxylic acids is 3. The van der Waals surface area contributed by atoms with Gasteiger partial charge in [-0.15, -0.1) is 0 Å². The Balaban J connectivity index is 1.24. The Bertz CT molecular complexity index is 1270. The quantitative estimate of drug-likeness (QED) is 0.265. The molecule has 7 nitrogen and oxygen atoms in total. The summed E-state index contributed by atoms with van der Waals surface area (Å²) in [5.74, 6) is 0.554. The van der Waals surface area contributed by atoms with E-state index in [2.05, 4.69) is 29.2 Å². The molecule has 3 aliphatic heterocycles. The van der Waals surface area contributed by atoms with Crippen molar-refractivity contribution in [3.63, 3.8) is 0 Å². The SMILES string of the molecule is COc1cc(C(=O)N(C)CCCc2cccc(C3(C(=O)O[C@H]4CN5CCC4CC5)CCCCC3)c2)c(Cl)cc1C=O. The maximum atomic E-state index is 13.9. The lowest BCUT2D eigenvalue weighted by atomic mass is 9.69. The van der Waals surface area contributed by atoms with Crippen LogP contribution in [0.2, 0.25) is 5.02 Å². The normalized spacial score (nSPS) is 23.0. The molecule has 2 aromatic carbocycles. The van der Waals surface area contributed by atoms with Gasteiger partial charge in [0.2, 0.25) is 0 Å². The van der Waals surface area contributed by atoms with E-state index in [-0.39, 0.29) is 23.0 Å². The highest BCUT2D eigenvalue weighted by molar-refractivity contribution is 6.34. The highest BCUT2D eigenvalue weighted by Gasteiger charge is 2.45. The van der Waals surface area contributed by atoms with Crippen molar-refractivity contribution < 1.29 is 23.9 Å². The van der Waals surface area contributed by atoms with Crippen molar-refractivity contribution in [2.45, 2.75) is 69.3 Å². The number of carbonyl (C=O) groups is 3. The highest BCUT2D eigenvalue weighted by atomic mass is 35.5. The third-order valence-corrected chi connectivity index (χ3v) is 9.73. The number of hydrogen-bond acceptors (Lipinski definition) is 6. The van der Waals surface area contributed by atoms with E-state index in [1.807, 2.05) is 0 Å². The predicted octanol–water partition coefficient (Wildman–Crippen LogP) is 5.71. The first-order chi connectivity index (χ1) is 19.8. The lowest BCUT2D eigenvalue weighted by Gasteiger charge is -2.45. The van der Waals surface area contributed by atoms with E-state index in [1.54, 1.807) is 11.9 Å². The van der Waals surface area contributed by atoms with Crippen molar-refractivity contribution in [3.8, 4) is 5.75 Å². The Morgan fingerprint density at radius 3 is 2.54 bits per heavy atom. The van der Waals surface area contributed by atoms with Crippen LogP contribution >= 0.6 is 11.6 Å². The third-order valence-electron chi connectivity index (χ3n) is 9.41. The maximum Gasteiger partial charge on any atom is 0.316 e. The Morgan fingerprint density at radius 1 is 1.12 bits per heavy atom. The van der Waals surface area contributed by atoms with E-state index in [1.165, 1.54) is 19.2 Å². The molecule has 1 saturated carbocycles. The topological polar surface area (TPSA) is 76.2 Å². The summed E-state index contributed by atoms with van der Waals surface area (Å²) in [5.41, 5.74) is 2.26. The maximum absolute atomic E-state index is 13.9. The van der Waals surface area contributed by atoms with E-state index in [9.17, 15) is 14.4 Å². The summed E-state index contributed by atoms with van der Waals surface area (Å²) in [6, 6.07) is 11.4. The fourth-order valence-corrected chi connectivity index (χ4v) is 7.17. The standard InChI is InChI=1S/C33H41ClN2O5/c1-35(31(38)27-20-29(40-2)25(22-37)19-28(27)34)15-7-9-23-8-6-10-26(18-23)33(13-4-3-5-14-33)32(39)41-30-21-36-16-11-24(30)12-17-36/h6,8,10,18-20,22,24,30H,3-5,7,9,11-17,21H2,1-2H3/t30-/m0/s1. The Morgan fingerprint density at radius 2 is 1.88 bits per heavy atom. The minimum Gasteiger partial charge on any atom is -0.496 e. The van der Waals surface area contributed by atoms with Gasteiger partial charge in [0.15, 0.2) is 6.29 Å². The first-order valence-corrected chi connectivity index (χ1v) is 15.3. The van der Waals surface area contributed by atoms with Crippen LogP contribution in [-0.4, -0.2) is 74.4 Å². The zero-order valence-corrected chi connectivity index (χ0v) is 25.0. The number of ether oxygens (including phenoxy) is 2. The smallest absolute Gasteiger partial charge is 0.316 e. The average molecular weight is 581 g/mol. The number of halogens is 1. The van der Waals surface area contributed by atoms with Crippen molar-refractivity contribution in [1.29, 1.82) is 0 Å². The third kappa shape index (κ3) is 6.31. The highest BCUT2D eigenvalue weighted by Crippen LogP contribution is 2.42. The van der Waals surface area contributed by atoms with Crippen molar-refractivity contribution >= 4 is 29.8 Å². The first-order valence-electron chi connectivity index (χ1n) is 15.0. The molecule has 0 unspecified atom stereocenters. The van der Waals surface area contributed by atoms with Crippen LogP contribution < -0.4 is 4.74 Å². The summed E-state index contributed by atoms with van der Waals surface area (Å²) < 4.78 is 11.6. The van der Waals surface area contributed by atoms with Gasteiger partial charge in [0.25, 0.3) is 5.91 Å². The summed E-state index contributed by atoms with van der Waals surface area (Å²) in [6.45, 7) is 3.66. The van der Waals surface area contributed by atoms with E-state index in [4.69, 9.17) is 21.1 Å². The largest absolute Gasteiger partial charge is 0.496 e. The van der Waals surface area contributed by atoms with E-state index in [0.29, 0.717) is 35.6 Å². The molecule has 0 N–H and O–H groups in total. The molecule has 1 aliphatic carbocycles. The summed E-state index contributed by atoms with van der Waals surface area (Å²) >= 11 is 6.31. The van der Waals surface area contributed by atoms with Gasteiger partial charge < -0.3 is 14.4 Å². The molecule has 6 rings (SSSR count). The van der Waals surface area contributed by atoms with Gasteiger partial charge in [-0.25, -0.2) is 0 Å². The fraction of sp³-hybridized carbons (Fsp3) is 0.545. The van der Waals surface area contributed by atoms with Gasteiger partial charge >= 0.3 is 5.97 Å². The molecule has 4 fully saturated rings. The van der Waals surface area contributed by atoms with Gasteiger partial charge in [-0.3, -0.25) is 19.3 Å². The van der Waals surface area contributed by atoms with Crippen LogP contribution in [0.3, 0.4) is 0 Å². The number of aldehydes is 1. The molecule has 0 spiro atoms. The molecule has 3 heterocycles. The van der Waals surface area contributed by atoms with Crippen LogP contribution in [0, 0.1) is 5.92 Å². The number of amides is 1. The second-order valence-electron chi connectivity index (χ2n) is 11.9. The molecule has 1 amide bonds. The van der Waals surface area contributed by atoms with Gasteiger partial charge in [0.1, 0.15) is 11.9 Å². The van der Waals surface area contributed by atoms with Gasteiger partial charge in [-0.05, 0) is 80.8 Å². The lowest BCUT2D eigenvalue weighted by Crippen LogP contribution is -2.53. The number of nitrogens with zero attached hydrogens (tertiary/aromatic N) is 2. The van der Waals surface area contributed by atoms with Gasteiger partial charge in [0, 0.05) is 20.1 Å². The number of methoxy groups -OCH3 is 1. The number of piperidine rings is 3. The molecule has 1 atom stereocenters. The molecule has 220 valence electrons. The molecule has 4 aliphatic rings. The van der Waals surface area contributed by atoms with Crippen molar-refractivity contribution in [1.82, 2.24) is 9.80 Å². The Labute approximate surface area is 248 Å². The number of rotatable bonds is 10. The van der Waals surface area contributed by atoms with Gasteiger partial charge in [-0.1, -0.05) is 55.1 Å². The van der Waals surface area contributed by atoms with E-state index < -0.39 is 5.41 Å². The molecule has 0 radical (unpaired) electrons. The Hall–Kier alpha value is -2.90. The van der Waals surface area contributed by atoms with E-state index >= 15 is 0 Å². The molecule has 0 aromatic heterocycles. The average Bonchev–Trinajstić information content (AvgIpc) is 3.01. The molecular weight excluding hydrogens is 540 g/mol. The van der Waals surface area contributed by atoms with E-state index in [0.717, 1.165) is 88.5 Å². The summed E-state index contributed by atoms with van der Waals surface area (Å²) in [6.07, 6.45) is 9.35. The first kappa shape index (κ1) is 29.6. The second kappa shape index (κ2) is 13.0. The molecule has 8 heteroatoms. The summed E-state index contributed by atoms with van der Waals surface area (Å²) in [4.78, 5) is 42.3.